The van der Waals surface area contributed by atoms with Crippen LogP contribution in [0.4, 0.5) is 17.1 Å². The lowest BCUT2D eigenvalue weighted by atomic mass is 10.1. The maximum atomic E-state index is 13.3. The van der Waals surface area contributed by atoms with Gasteiger partial charge in [0.05, 0.1) is 24.8 Å². The molecule has 1 fully saturated rings. The molecule has 0 aromatic heterocycles. The zero-order chi connectivity index (χ0) is 27.5. The van der Waals surface area contributed by atoms with Gasteiger partial charge < -0.3 is 29.9 Å². The van der Waals surface area contributed by atoms with Crippen LogP contribution in [-0.4, -0.2) is 64.9 Å². The van der Waals surface area contributed by atoms with Gasteiger partial charge in [0.1, 0.15) is 5.75 Å². The fraction of sp³-hybridized carbons (Fsp3) is 0.355. The molecule has 0 aliphatic carbocycles. The monoisotopic (exact) mass is 530 g/mol. The summed E-state index contributed by atoms with van der Waals surface area (Å²) in [4.78, 5) is 30.6. The lowest BCUT2D eigenvalue weighted by Crippen LogP contribution is -2.47. The predicted octanol–water partition coefficient (Wildman–Crippen LogP) is 4.36. The maximum absolute atomic E-state index is 13.3. The smallest absolute Gasteiger partial charge is 0.253 e. The van der Waals surface area contributed by atoms with E-state index in [-0.39, 0.29) is 18.2 Å². The van der Waals surface area contributed by atoms with Crippen LogP contribution in [0.2, 0.25) is 0 Å². The van der Waals surface area contributed by atoms with Crippen LogP contribution >= 0.6 is 0 Å². The molecule has 0 unspecified atom stereocenters. The number of methoxy groups -OCH3 is 1. The highest BCUT2D eigenvalue weighted by molar-refractivity contribution is 6.02. The van der Waals surface area contributed by atoms with Crippen molar-refractivity contribution >= 4 is 28.9 Å². The van der Waals surface area contributed by atoms with Crippen molar-refractivity contribution in [2.24, 2.45) is 0 Å². The van der Waals surface area contributed by atoms with E-state index in [4.69, 9.17) is 9.47 Å². The molecule has 2 amide bonds. The molecule has 2 N–H and O–H groups in total. The average molecular weight is 531 g/mol. The summed E-state index contributed by atoms with van der Waals surface area (Å²) in [7, 11) is 1.69. The average Bonchev–Trinajstić information content (AvgIpc) is 2.97. The van der Waals surface area contributed by atoms with E-state index in [9.17, 15) is 9.59 Å². The Morgan fingerprint density at radius 3 is 2.28 bits per heavy atom. The Kier molecular flexibility index (Phi) is 10.2. The van der Waals surface area contributed by atoms with E-state index in [1.807, 2.05) is 67.6 Å². The molecule has 0 bridgehead atoms. The van der Waals surface area contributed by atoms with E-state index >= 15 is 0 Å². The van der Waals surface area contributed by atoms with Gasteiger partial charge in [-0.2, -0.15) is 0 Å². The minimum absolute atomic E-state index is 0.123. The molecule has 1 saturated heterocycles. The fourth-order valence-corrected chi connectivity index (χ4v) is 4.75. The summed E-state index contributed by atoms with van der Waals surface area (Å²) in [5.41, 5.74) is 4.02. The summed E-state index contributed by atoms with van der Waals surface area (Å²) in [5.74, 6) is 0.573. The van der Waals surface area contributed by atoms with Gasteiger partial charge in [-0.15, -0.1) is 0 Å². The third-order valence-corrected chi connectivity index (χ3v) is 6.73. The van der Waals surface area contributed by atoms with Gasteiger partial charge in [-0.3, -0.25) is 9.59 Å². The molecule has 0 saturated carbocycles. The summed E-state index contributed by atoms with van der Waals surface area (Å²) in [6.45, 7) is 6.83. The van der Waals surface area contributed by atoms with Crippen LogP contribution in [0.3, 0.4) is 0 Å². The van der Waals surface area contributed by atoms with E-state index in [1.54, 1.807) is 13.2 Å². The molecule has 206 valence electrons. The van der Waals surface area contributed by atoms with Crippen LogP contribution in [0.5, 0.6) is 5.75 Å². The number of nitrogens with one attached hydrogen (secondary N) is 2. The number of benzene rings is 3. The summed E-state index contributed by atoms with van der Waals surface area (Å²) in [6.07, 6.45) is 1.01. The Labute approximate surface area is 230 Å². The van der Waals surface area contributed by atoms with E-state index in [0.717, 1.165) is 55.3 Å². The number of rotatable bonds is 12. The molecule has 8 nitrogen and oxygen atoms in total. The molecule has 8 heteroatoms. The van der Waals surface area contributed by atoms with Crippen molar-refractivity contribution in [3.05, 3.63) is 83.9 Å². The highest BCUT2D eigenvalue weighted by Crippen LogP contribution is 2.31. The van der Waals surface area contributed by atoms with Crippen LogP contribution in [0.15, 0.2) is 72.8 Å². The first-order valence-corrected chi connectivity index (χ1v) is 13.6. The van der Waals surface area contributed by atoms with E-state index < -0.39 is 0 Å². The van der Waals surface area contributed by atoms with Gasteiger partial charge in [-0.05, 0) is 49.2 Å². The van der Waals surface area contributed by atoms with E-state index in [1.165, 1.54) is 0 Å². The molecule has 0 spiro atoms. The lowest BCUT2D eigenvalue weighted by molar-refractivity contribution is -0.115. The molecule has 1 aliphatic heterocycles. The molecular formula is C31H38N4O4. The lowest BCUT2D eigenvalue weighted by Gasteiger charge is -2.38. The number of carbonyl (C=O) groups is 2. The van der Waals surface area contributed by atoms with Crippen LogP contribution in [0, 0.1) is 0 Å². The van der Waals surface area contributed by atoms with Gasteiger partial charge >= 0.3 is 0 Å². The summed E-state index contributed by atoms with van der Waals surface area (Å²) in [5, 5.41) is 5.98. The van der Waals surface area contributed by atoms with Crippen molar-refractivity contribution in [1.29, 1.82) is 0 Å². The SMILES string of the molecule is CCOCCCNC(=O)c1cc(NC(=O)Cc2ccccc2)ccc1N1CCN(c2ccccc2OC)CC1. The van der Waals surface area contributed by atoms with Crippen LogP contribution in [0.25, 0.3) is 0 Å². The largest absolute Gasteiger partial charge is 0.495 e. The van der Waals surface area contributed by atoms with Crippen molar-refractivity contribution in [2.75, 3.05) is 68.2 Å². The van der Waals surface area contributed by atoms with Crippen LogP contribution in [0.1, 0.15) is 29.3 Å². The molecule has 39 heavy (non-hydrogen) atoms. The zero-order valence-electron chi connectivity index (χ0n) is 22.8. The minimum Gasteiger partial charge on any atom is -0.495 e. The number of amides is 2. The standard InChI is InChI=1S/C31H38N4O4/c1-3-39-21-9-16-32-31(37)26-23-25(33-30(36)22-24-10-5-4-6-11-24)14-15-27(26)34-17-19-35(20-18-34)28-12-7-8-13-29(28)38-2/h4-8,10-15,23H,3,9,16-22H2,1-2H3,(H,32,37)(H,33,36). The van der Waals surface area contributed by atoms with Gasteiger partial charge in [-0.25, -0.2) is 0 Å². The van der Waals surface area contributed by atoms with Gasteiger partial charge in [0.25, 0.3) is 5.91 Å². The summed E-state index contributed by atoms with van der Waals surface area (Å²) < 4.78 is 10.9. The molecule has 0 radical (unpaired) electrons. The molecular weight excluding hydrogens is 492 g/mol. The molecule has 3 aromatic carbocycles. The van der Waals surface area contributed by atoms with Crippen molar-refractivity contribution in [2.45, 2.75) is 19.8 Å². The van der Waals surface area contributed by atoms with Gasteiger partial charge in [0, 0.05) is 57.3 Å². The predicted molar refractivity (Wildman–Crippen MR) is 156 cm³/mol. The second-order valence-electron chi connectivity index (χ2n) is 9.39. The number of nitrogens with zero attached hydrogens (tertiary/aromatic N) is 2. The Hall–Kier alpha value is -4.04. The topological polar surface area (TPSA) is 83.1 Å². The molecule has 0 atom stereocenters. The quantitative estimate of drug-likeness (QED) is 0.339. The molecule has 3 aromatic rings. The molecule has 4 rings (SSSR count). The number of anilines is 3. The Morgan fingerprint density at radius 2 is 1.56 bits per heavy atom. The number of piperazine rings is 1. The summed E-state index contributed by atoms with van der Waals surface area (Å²) >= 11 is 0. The third kappa shape index (κ3) is 7.74. The van der Waals surface area contributed by atoms with Crippen molar-refractivity contribution in [3.63, 3.8) is 0 Å². The van der Waals surface area contributed by atoms with E-state index in [2.05, 4.69) is 26.5 Å². The highest BCUT2D eigenvalue weighted by Gasteiger charge is 2.24. The van der Waals surface area contributed by atoms with Crippen molar-refractivity contribution in [1.82, 2.24) is 5.32 Å². The third-order valence-electron chi connectivity index (χ3n) is 6.73. The molecule has 1 aliphatic rings. The Morgan fingerprint density at radius 1 is 0.872 bits per heavy atom. The summed E-state index contributed by atoms with van der Waals surface area (Å²) in [6, 6.07) is 23.2. The molecule has 1 heterocycles. The van der Waals surface area contributed by atoms with Crippen molar-refractivity contribution in [3.8, 4) is 5.75 Å². The number of hydrogen-bond donors (Lipinski definition) is 2. The number of hydrogen-bond acceptors (Lipinski definition) is 6. The van der Waals surface area contributed by atoms with Crippen LogP contribution in [-0.2, 0) is 16.0 Å². The number of para-hydroxylation sites is 2. The number of ether oxygens (including phenoxy) is 2. The van der Waals surface area contributed by atoms with Gasteiger partial charge in [0.15, 0.2) is 0 Å². The zero-order valence-corrected chi connectivity index (χ0v) is 22.8. The highest BCUT2D eigenvalue weighted by atomic mass is 16.5. The fourth-order valence-electron chi connectivity index (χ4n) is 4.75. The second kappa shape index (κ2) is 14.2. The first kappa shape index (κ1) is 28.0. The first-order chi connectivity index (χ1) is 19.1. The van der Waals surface area contributed by atoms with Crippen molar-refractivity contribution < 1.29 is 19.1 Å². The van der Waals surface area contributed by atoms with E-state index in [0.29, 0.717) is 31.0 Å². The number of carbonyl (C=O) groups excluding carboxylic acids is 2. The normalized spacial score (nSPS) is 13.2. The Bertz CT molecular complexity index is 1230. The van der Waals surface area contributed by atoms with Gasteiger partial charge in [0.2, 0.25) is 5.91 Å². The van der Waals surface area contributed by atoms with Crippen LogP contribution < -0.4 is 25.2 Å². The first-order valence-electron chi connectivity index (χ1n) is 13.6. The minimum atomic E-state index is -0.159. The second-order valence-corrected chi connectivity index (χ2v) is 9.39. The van der Waals surface area contributed by atoms with Gasteiger partial charge in [-0.1, -0.05) is 42.5 Å². The Balaban J connectivity index is 1.48. The maximum Gasteiger partial charge on any atom is 0.253 e.